The average molecular weight is 487 g/mol. The number of rotatable bonds is 14. The topological polar surface area (TPSA) is 143 Å². The lowest BCUT2D eigenvalue weighted by atomic mass is 9.87. The molecule has 0 saturated carbocycles. The Bertz CT molecular complexity index is 846. The third-order valence-electron chi connectivity index (χ3n) is 4.63. The molecule has 1 amide bonds. The zero-order valence-corrected chi connectivity index (χ0v) is 20.9. The van der Waals surface area contributed by atoms with Crippen molar-refractivity contribution in [2.75, 3.05) is 38.3 Å². The van der Waals surface area contributed by atoms with E-state index in [0.717, 1.165) is 0 Å². The molecule has 33 heavy (non-hydrogen) atoms. The minimum absolute atomic E-state index is 0.00471. The molecular formula is C22H35N2O8P. The molecule has 11 heteroatoms. The molecule has 0 fully saturated rings. The standard InChI is InChI=1S/C22H35N2O8P/c1-6-29-20(26)22(24-16(5)25,21(27)30-7-2)15-18-14-19(23)11-10-17(18)12-13-33(28,31-8-3)32-9-4/h10-11,14H,6-9,12-13,15,23H2,1-5H3,(H,24,25). The second-order valence-electron chi connectivity index (χ2n) is 7.15. The van der Waals surface area contributed by atoms with Crippen molar-refractivity contribution < 1.29 is 37.5 Å². The van der Waals surface area contributed by atoms with Crippen LogP contribution in [0, 0.1) is 0 Å². The van der Waals surface area contributed by atoms with E-state index in [4.69, 9.17) is 24.3 Å². The fourth-order valence-corrected chi connectivity index (χ4v) is 4.97. The summed E-state index contributed by atoms with van der Waals surface area (Å²) in [5, 5.41) is 2.44. The van der Waals surface area contributed by atoms with Gasteiger partial charge in [-0.15, -0.1) is 0 Å². The molecule has 0 aliphatic carbocycles. The minimum atomic E-state index is -3.33. The number of nitrogens with two attached hydrogens (primary N) is 1. The molecule has 0 aromatic heterocycles. The van der Waals surface area contributed by atoms with Crippen molar-refractivity contribution in [3.63, 3.8) is 0 Å². The number of aryl methyl sites for hydroxylation is 1. The third kappa shape index (κ3) is 8.14. The Kier molecular flexibility index (Phi) is 11.6. The maximum absolute atomic E-state index is 13.0. The van der Waals surface area contributed by atoms with Gasteiger partial charge in [-0.3, -0.25) is 9.36 Å². The Balaban J connectivity index is 3.46. The average Bonchev–Trinajstić information content (AvgIpc) is 2.73. The number of anilines is 1. The Hall–Kier alpha value is -2.42. The predicted octanol–water partition coefficient (Wildman–Crippen LogP) is 2.62. The lowest BCUT2D eigenvalue weighted by molar-refractivity contribution is -0.168. The highest BCUT2D eigenvalue weighted by Gasteiger charge is 2.50. The molecule has 3 N–H and O–H groups in total. The summed E-state index contributed by atoms with van der Waals surface area (Å²) in [7, 11) is -3.33. The van der Waals surface area contributed by atoms with Gasteiger partial charge in [-0.05, 0) is 57.4 Å². The summed E-state index contributed by atoms with van der Waals surface area (Å²) in [6, 6.07) is 4.96. The Morgan fingerprint density at radius 2 is 1.48 bits per heavy atom. The van der Waals surface area contributed by atoms with Gasteiger partial charge in [-0.25, -0.2) is 9.59 Å². The molecule has 0 spiro atoms. The second kappa shape index (κ2) is 13.3. The number of nitrogen functional groups attached to an aromatic ring is 1. The number of carbonyl (C=O) groups excluding carboxylic acids is 3. The Labute approximate surface area is 195 Å². The molecule has 0 aliphatic rings. The minimum Gasteiger partial charge on any atom is -0.464 e. The second-order valence-corrected chi connectivity index (χ2v) is 9.34. The smallest absolute Gasteiger partial charge is 0.344 e. The van der Waals surface area contributed by atoms with Gasteiger partial charge in [0, 0.05) is 19.0 Å². The molecule has 0 aliphatic heterocycles. The summed E-state index contributed by atoms with van der Waals surface area (Å²) in [4.78, 5) is 37.9. The van der Waals surface area contributed by atoms with Crippen LogP contribution in [-0.2, 0) is 50.3 Å². The summed E-state index contributed by atoms with van der Waals surface area (Å²) in [6.45, 7) is 8.26. The van der Waals surface area contributed by atoms with E-state index in [0.29, 0.717) is 16.8 Å². The third-order valence-corrected chi connectivity index (χ3v) is 6.70. The van der Waals surface area contributed by atoms with Crippen LogP contribution < -0.4 is 11.1 Å². The van der Waals surface area contributed by atoms with E-state index in [1.54, 1.807) is 45.9 Å². The van der Waals surface area contributed by atoms with Gasteiger partial charge < -0.3 is 29.6 Å². The molecular weight excluding hydrogens is 451 g/mol. The first kappa shape index (κ1) is 28.6. The van der Waals surface area contributed by atoms with Crippen molar-refractivity contribution in [3.05, 3.63) is 29.3 Å². The summed E-state index contributed by atoms with van der Waals surface area (Å²) >= 11 is 0. The monoisotopic (exact) mass is 486 g/mol. The number of carbonyl (C=O) groups is 3. The van der Waals surface area contributed by atoms with Crippen LogP contribution in [-0.4, -0.2) is 56.0 Å². The zero-order chi connectivity index (χ0) is 25.1. The highest BCUT2D eigenvalue weighted by molar-refractivity contribution is 7.53. The van der Waals surface area contributed by atoms with Gasteiger partial charge >= 0.3 is 19.5 Å². The van der Waals surface area contributed by atoms with Gasteiger partial charge in [0.15, 0.2) is 0 Å². The van der Waals surface area contributed by atoms with Crippen LogP contribution >= 0.6 is 7.60 Å². The summed E-state index contributed by atoms with van der Waals surface area (Å²) < 4.78 is 33.9. The van der Waals surface area contributed by atoms with Crippen molar-refractivity contribution in [1.82, 2.24) is 5.32 Å². The molecule has 1 rings (SSSR count). The van der Waals surface area contributed by atoms with Crippen LogP contribution in [0.4, 0.5) is 5.69 Å². The van der Waals surface area contributed by atoms with E-state index in [1.807, 2.05) is 0 Å². The first-order valence-corrected chi connectivity index (χ1v) is 12.7. The fourth-order valence-electron chi connectivity index (χ4n) is 3.34. The van der Waals surface area contributed by atoms with Crippen molar-refractivity contribution in [2.45, 2.75) is 53.0 Å². The van der Waals surface area contributed by atoms with Gasteiger partial charge in [-0.2, -0.15) is 0 Å². The van der Waals surface area contributed by atoms with E-state index < -0.39 is 31.0 Å². The molecule has 0 saturated heterocycles. The van der Waals surface area contributed by atoms with E-state index in [9.17, 15) is 18.9 Å². The van der Waals surface area contributed by atoms with Crippen molar-refractivity contribution >= 4 is 31.1 Å². The molecule has 1 aromatic rings. The van der Waals surface area contributed by atoms with Crippen LogP contribution in [0.2, 0.25) is 0 Å². The van der Waals surface area contributed by atoms with Gasteiger partial charge in [0.2, 0.25) is 11.4 Å². The maximum atomic E-state index is 13.0. The number of esters is 2. The first-order valence-electron chi connectivity index (χ1n) is 11.0. The van der Waals surface area contributed by atoms with Gasteiger partial charge in [0.25, 0.3) is 0 Å². The predicted molar refractivity (Wildman–Crippen MR) is 124 cm³/mol. The van der Waals surface area contributed by atoms with Crippen LogP contribution in [0.5, 0.6) is 0 Å². The number of hydrogen-bond acceptors (Lipinski definition) is 9. The highest BCUT2D eigenvalue weighted by atomic mass is 31.2. The van der Waals surface area contributed by atoms with E-state index in [-0.39, 0.29) is 45.4 Å². The quantitative estimate of drug-likeness (QED) is 0.175. The Morgan fingerprint density at radius 1 is 0.939 bits per heavy atom. The molecule has 0 bridgehead atoms. The number of nitrogens with one attached hydrogen (secondary N) is 1. The first-order chi connectivity index (χ1) is 15.6. The Morgan fingerprint density at radius 3 is 1.94 bits per heavy atom. The van der Waals surface area contributed by atoms with E-state index in [2.05, 4.69) is 5.32 Å². The zero-order valence-electron chi connectivity index (χ0n) is 20.0. The normalized spacial score (nSPS) is 11.7. The summed E-state index contributed by atoms with van der Waals surface area (Å²) in [5.41, 5.74) is 5.40. The van der Waals surface area contributed by atoms with Gasteiger partial charge in [-0.1, -0.05) is 6.07 Å². The van der Waals surface area contributed by atoms with Crippen molar-refractivity contribution in [1.29, 1.82) is 0 Å². The molecule has 0 heterocycles. The molecule has 186 valence electrons. The highest BCUT2D eigenvalue weighted by Crippen LogP contribution is 2.48. The summed E-state index contributed by atoms with van der Waals surface area (Å²) in [6.07, 6.45) is 0.0738. The number of hydrogen-bond donors (Lipinski definition) is 2. The van der Waals surface area contributed by atoms with Gasteiger partial charge in [0.05, 0.1) is 32.6 Å². The van der Waals surface area contributed by atoms with Crippen molar-refractivity contribution in [3.8, 4) is 0 Å². The number of amides is 1. The molecule has 10 nitrogen and oxygen atoms in total. The van der Waals surface area contributed by atoms with Gasteiger partial charge in [0.1, 0.15) is 0 Å². The largest absolute Gasteiger partial charge is 0.464 e. The molecule has 1 aromatic carbocycles. The lowest BCUT2D eigenvalue weighted by Gasteiger charge is -2.30. The SMILES string of the molecule is CCOC(=O)C(Cc1cc(N)ccc1CCP(=O)(OCC)OCC)(NC(C)=O)C(=O)OCC. The summed E-state index contributed by atoms with van der Waals surface area (Å²) in [5.74, 6) is -2.50. The van der Waals surface area contributed by atoms with Crippen LogP contribution in [0.3, 0.4) is 0 Å². The molecule has 0 unspecified atom stereocenters. The molecule has 0 atom stereocenters. The van der Waals surface area contributed by atoms with Crippen LogP contribution in [0.1, 0.15) is 45.7 Å². The van der Waals surface area contributed by atoms with E-state index >= 15 is 0 Å². The maximum Gasteiger partial charge on any atom is 0.344 e. The number of ether oxygens (including phenoxy) is 2. The van der Waals surface area contributed by atoms with E-state index in [1.165, 1.54) is 6.92 Å². The fraction of sp³-hybridized carbons (Fsp3) is 0.591. The van der Waals surface area contributed by atoms with Crippen LogP contribution in [0.25, 0.3) is 0 Å². The number of benzene rings is 1. The molecule has 0 radical (unpaired) electrons. The lowest BCUT2D eigenvalue weighted by Crippen LogP contribution is -2.62. The van der Waals surface area contributed by atoms with Crippen molar-refractivity contribution in [2.24, 2.45) is 0 Å². The van der Waals surface area contributed by atoms with Crippen LogP contribution in [0.15, 0.2) is 18.2 Å².